The molecule has 0 spiro atoms. The summed E-state index contributed by atoms with van der Waals surface area (Å²) in [5, 5.41) is 16.9. The van der Waals surface area contributed by atoms with Crippen LogP contribution in [0.2, 0.25) is 5.02 Å². The first-order valence-electron chi connectivity index (χ1n) is 7.32. The number of fused-ring (bicyclic) bond motifs is 1. The largest absolute Gasteiger partial charge is 0.395 e. The Balaban J connectivity index is 1.98. The van der Waals surface area contributed by atoms with Crippen LogP contribution < -0.4 is 10.6 Å². The van der Waals surface area contributed by atoms with Crippen molar-refractivity contribution in [1.82, 2.24) is 9.97 Å². The number of benzene rings is 2. The van der Waals surface area contributed by atoms with Crippen LogP contribution in [-0.2, 0) is 0 Å². The van der Waals surface area contributed by atoms with Gasteiger partial charge in [0.2, 0.25) is 5.95 Å². The Morgan fingerprint density at radius 2 is 1.96 bits per heavy atom. The maximum atomic E-state index is 9.02. The first kappa shape index (κ1) is 15.5. The first-order valence-corrected chi connectivity index (χ1v) is 7.70. The normalized spacial score (nSPS) is 10.7. The van der Waals surface area contributed by atoms with Crippen molar-refractivity contribution in [2.45, 2.75) is 6.92 Å². The van der Waals surface area contributed by atoms with Crippen molar-refractivity contribution in [1.29, 1.82) is 0 Å². The lowest BCUT2D eigenvalue weighted by Crippen LogP contribution is -2.09. The van der Waals surface area contributed by atoms with Crippen LogP contribution in [0, 0.1) is 6.92 Å². The number of anilines is 3. The highest BCUT2D eigenvalue weighted by atomic mass is 35.5. The molecule has 6 heteroatoms. The number of rotatable bonds is 5. The molecule has 0 amide bonds. The molecule has 3 rings (SSSR count). The molecular weight excluding hydrogens is 312 g/mol. The molecule has 0 saturated carbocycles. The summed E-state index contributed by atoms with van der Waals surface area (Å²) < 4.78 is 0. The Kier molecular flexibility index (Phi) is 4.60. The fraction of sp³-hybridized carbons (Fsp3) is 0.176. The number of nitrogens with one attached hydrogen (secondary N) is 2. The summed E-state index contributed by atoms with van der Waals surface area (Å²) in [7, 11) is 0. The van der Waals surface area contributed by atoms with Gasteiger partial charge in [-0.25, -0.2) is 4.98 Å². The van der Waals surface area contributed by atoms with Gasteiger partial charge in [-0.2, -0.15) is 4.98 Å². The van der Waals surface area contributed by atoms with E-state index in [1.807, 2.05) is 49.4 Å². The number of nitrogens with zero attached hydrogens (tertiary/aromatic N) is 2. The minimum absolute atomic E-state index is 0.0364. The zero-order chi connectivity index (χ0) is 16.2. The number of aliphatic hydroxyl groups is 1. The third-order valence-electron chi connectivity index (χ3n) is 3.44. The molecular formula is C17H17ClN4O. The number of hydrogen-bond donors (Lipinski definition) is 3. The molecule has 0 fully saturated rings. The molecule has 0 bridgehead atoms. The lowest BCUT2D eigenvalue weighted by Gasteiger charge is -2.11. The van der Waals surface area contributed by atoms with E-state index in [0.717, 1.165) is 22.2 Å². The first-order chi connectivity index (χ1) is 11.2. The quantitative estimate of drug-likeness (QED) is 0.665. The highest BCUT2D eigenvalue weighted by Crippen LogP contribution is 2.25. The topological polar surface area (TPSA) is 70.1 Å². The van der Waals surface area contributed by atoms with Gasteiger partial charge in [-0.15, -0.1) is 0 Å². The molecule has 0 aliphatic rings. The molecule has 1 heterocycles. The fourth-order valence-corrected chi connectivity index (χ4v) is 2.42. The third-order valence-corrected chi connectivity index (χ3v) is 3.84. The molecule has 0 aliphatic heterocycles. The molecule has 3 N–H and O–H groups in total. The maximum absolute atomic E-state index is 9.02. The summed E-state index contributed by atoms with van der Waals surface area (Å²) in [6.45, 7) is 2.42. The summed E-state index contributed by atoms with van der Waals surface area (Å²) in [6.07, 6.45) is 0. The zero-order valence-corrected chi connectivity index (χ0v) is 13.4. The Morgan fingerprint density at radius 1 is 1.13 bits per heavy atom. The number of para-hydroxylation sites is 1. The van der Waals surface area contributed by atoms with Crippen LogP contribution in [0.15, 0.2) is 42.5 Å². The SMILES string of the molecule is Cc1ccc(Nc2nc(NCCO)c3ccccc3n2)cc1Cl. The number of hydrogen-bond acceptors (Lipinski definition) is 5. The number of aromatic nitrogens is 2. The van der Waals surface area contributed by atoms with Crippen LogP contribution in [0.1, 0.15) is 5.56 Å². The van der Waals surface area contributed by atoms with Crippen molar-refractivity contribution >= 4 is 40.0 Å². The monoisotopic (exact) mass is 328 g/mol. The standard InChI is InChI=1S/C17H17ClN4O/c1-11-6-7-12(10-14(11)18)20-17-21-15-5-3-2-4-13(15)16(22-17)19-8-9-23/h2-7,10,23H,8-9H2,1H3,(H2,19,20,21,22). The van der Waals surface area contributed by atoms with Gasteiger partial charge in [0, 0.05) is 22.6 Å². The van der Waals surface area contributed by atoms with E-state index in [2.05, 4.69) is 20.6 Å². The van der Waals surface area contributed by atoms with Gasteiger partial charge >= 0.3 is 0 Å². The van der Waals surface area contributed by atoms with E-state index < -0.39 is 0 Å². The van der Waals surface area contributed by atoms with E-state index in [4.69, 9.17) is 16.7 Å². The maximum Gasteiger partial charge on any atom is 0.229 e. The molecule has 2 aromatic carbocycles. The second-order valence-corrected chi connectivity index (χ2v) is 5.56. The minimum atomic E-state index is 0.0364. The van der Waals surface area contributed by atoms with Gasteiger partial charge in [-0.1, -0.05) is 29.8 Å². The average Bonchev–Trinajstić information content (AvgIpc) is 2.56. The highest BCUT2D eigenvalue weighted by Gasteiger charge is 2.08. The number of aryl methyl sites for hydroxylation is 1. The van der Waals surface area contributed by atoms with Crippen molar-refractivity contribution in [3.63, 3.8) is 0 Å². The Labute approximate surface area is 139 Å². The number of halogens is 1. The van der Waals surface area contributed by atoms with Gasteiger partial charge in [0.25, 0.3) is 0 Å². The van der Waals surface area contributed by atoms with E-state index in [1.54, 1.807) is 0 Å². The van der Waals surface area contributed by atoms with Crippen LogP contribution in [0.4, 0.5) is 17.5 Å². The third kappa shape index (κ3) is 3.52. The van der Waals surface area contributed by atoms with Gasteiger partial charge in [-0.05, 0) is 36.8 Å². The van der Waals surface area contributed by atoms with Gasteiger partial charge in [0.15, 0.2) is 0 Å². The van der Waals surface area contributed by atoms with Crippen molar-refractivity contribution < 1.29 is 5.11 Å². The zero-order valence-electron chi connectivity index (χ0n) is 12.7. The number of aliphatic hydroxyl groups excluding tert-OH is 1. The van der Waals surface area contributed by atoms with Crippen LogP contribution in [-0.4, -0.2) is 28.2 Å². The van der Waals surface area contributed by atoms with Gasteiger partial charge < -0.3 is 15.7 Å². The van der Waals surface area contributed by atoms with Crippen LogP contribution >= 0.6 is 11.6 Å². The van der Waals surface area contributed by atoms with Crippen molar-refractivity contribution in [3.8, 4) is 0 Å². The lowest BCUT2D eigenvalue weighted by molar-refractivity contribution is 0.311. The van der Waals surface area contributed by atoms with Crippen LogP contribution in [0.25, 0.3) is 10.9 Å². The molecule has 118 valence electrons. The molecule has 3 aromatic rings. The molecule has 1 aromatic heterocycles. The van der Waals surface area contributed by atoms with E-state index in [0.29, 0.717) is 23.3 Å². The highest BCUT2D eigenvalue weighted by molar-refractivity contribution is 6.31. The minimum Gasteiger partial charge on any atom is -0.395 e. The Bertz CT molecular complexity index is 838. The molecule has 5 nitrogen and oxygen atoms in total. The van der Waals surface area contributed by atoms with Gasteiger partial charge in [0.1, 0.15) is 5.82 Å². The molecule has 0 radical (unpaired) electrons. The van der Waals surface area contributed by atoms with Crippen LogP contribution in [0.5, 0.6) is 0 Å². The van der Waals surface area contributed by atoms with E-state index in [-0.39, 0.29) is 6.61 Å². The van der Waals surface area contributed by atoms with Crippen molar-refractivity contribution in [3.05, 3.63) is 53.1 Å². The summed E-state index contributed by atoms with van der Waals surface area (Å²) >= 11 is 6.15. The summed E-state index contributed by atoms with van der Waals surface area (Å²) in [5.41, 5.74) is 2.66. The van der Waals surface area contributed by atoms with E-state index in [1.165, 1.54) is 0 Å². The van der Waals surface area contributed by atoms with E-state index in [9.17, 15) is 0 Å². The molecule has 0 saturated heterocycles. The predicted molar refractivity (Wildman–Crippen MR) is 94.6 cm³/mol. The second kappa shape index (κ2) is 6.81. The van der Waals surface area contributed by atoms with Gasteiger partial charge in [-0.3, -0.25) is 0 Å². The molecule has 0 aliphatic carbocycles. The fourth-order valence-electron chi connectivity index (χ4n) is 2.24. The van der Waals surface area contributed by atoms with Crippen LogP contribution in [0.3, 0.4) is 0 Å². The van der Waals surface area contributed by atoms with Crippen molar-refractivity contribution in [2.75, 3.05) is 23.8 Å². The summed E-state index contributed by atoms with van der Waals surface area (Å²) in [6, 6.07) is 13.4. The smallest absolute Gasteiger partial charge is 0.229 e. The lowest BCUT2D eigenvalue weighted by atomic mass is 10.2. The summed E-state index contributed by atoms with van der Waals surface area (Å²) in [4.78, 5) is 9.02. The average molecular weight is 329 g/mol. The predicted octanol–water partition coefficient (Wildman–Crippen LogP) is 3.74. The van der Waals surface area contributed by atoms with Crippen molar-refractivity contribution in [2.24, 2.45) is 0 Å². The molecule has 23 heavy (non-hydrogen) atoms. The Morgan fingerprint density at radius 3 is 2.74 bits per heavy atom. The van der Waals surface area contributed by atoms with E-state index >= 15 is 0 Å². The second-order valence-electron chi connectivity index (χ2n) is 5.15. The Hall–Kier alpha value is -2.37. The van der Waals surface area contributed by atoms with Gasteiger partial charge in [0.05, 0.1) is 12.1 Å². The summed E-state index contributed by atoms with van der Waals surface area (Å²) in [5.74, 6) is 1.16. The molecule has 0 atom stereocenters. The molecule has 0 unspecified atom stereocenters.